The Morgan fingerprint density at radius 3 is 2.43 bits per heavy atom. The van der Waals surface area contributed by atoms with E-state index in [0.29, 0.717) is 49.1 Å². The van der Waals surface area contributed by atoms with E-state index >= 15 is 0 Å². The molecule has 6 aromatic rings. The van der Waals surface area contributed by atoms with Crippen molar-refractivity contribution in [1.82, 2.24) is 10.2 Å². The molecule has 5 atom stereocenters. The van der Waals surface area contributed by atoms with Gasteiger partial charge in [0.2, 0.25) is 5.78 Å². The predicted octanol–water partition coefficient (Wildman–Crippen LogP) is 11.3. The third-order valence-corrected chi connectivity index (χ3v) is 14.3. The second-order valence-corrected chi connectivity index (χ2v) is 18.1. The van der Waals surface area contributed by atoms with Gasteiger partial charge in [0.25, 0.3) is 0 Å². The topological polar surface area (TPSA) is 89.9 Å². The van der Waals surface area contributed by atoms with Gasteiger partial charge in [-0.1, -0.05) is 122 Å². The van der Waals surface area contributed by atoms with E-state index in [0.717, 1.165) is 56.0 Å². The van der Waals surface area contributed by atoms with Gasteiger partial charge in [-0.3, -0.25) is 4.79 Å². The standard InChI is InChI=1S/C51H54N2O4S/c1-34-13-12-27-50(3)45(43-25-23-36(29-41(54)24-22-34)30-44(43)48(55)47-31-39-17-8-10-21-46(39)58-47)26-28-51(50,57)33-53(49(56)52-35(2)37-14-5-4-6-15-37)32-40-19-11-18-38-16-7-9-20-42(38)40/h4-11,13-21,23,25,30-31,35,41,45,54,57H,12,22,24,26-29,32-33H2,1-3H3,(H,52,56). The molecule has 1 aromatic heterocycles. The van der Waals surface area contributed by atoms with E-state index in [-0.39, 0.29) is 30.3 Å². The Bertz CT molecular complexity index is 2440. The van der Waals surface area contributed by atoms with Crippen LogP contribution < -0.4 is 5.32 Å². The normalized spacial score (nSPS) is 22.9. The summed E-state index contributed by atoms with van der Waals surface area (Å²) in [4.78, 5) is 31.9. The summed E-state index contributed by atoms with van der Waals surface area (Å²) in [5.74, 6) is -0.188. The fourth-order valence-electron chi connectivity index (χ4n) is 9.68. The number of ketones is 1. The number of fused-ring (bicyclic) bond motifs is 10. The molecule has 5 aromatic carbocycles. The summed E-state index contributed by atoms with van der Waals surface area (Å²) < 4.78 is 1.06. The molecule has 9 rings (SSSR count). The molecule has 1 heterocycles. The van der Waals surface area contributed by atoms with Crippen molar-refractivity contribution in [2.24, 2.45) is 5.41 Å². The van der Waals surface area contributed by atoms with Gasteiger partial charge in [0.1, 0.15) is 0 Å². The lowest BCUT2D eigenvalue weighted by Gasteiger charge is -2.46. The monoisotopic (exact) mass is 790 g/mol. The highest BCUT2D eigenvalue weighted by Crippen LogP contribution is 2.59. The molecule has 0 radical (unpaired) electrons. The quantitative estimate of drug-likeness (QED) is 0.106. The Labute approximate surface area is 346 Å². The van der Waals surface area contributed by atoms with Crippen LogP contribution in [0.5, 0.6) is 0 Å². The van der Waals surface area contributed by atoms with Gasteiger partial charge in [-0.2, -0.15) is 0 Å². The van der Waals surface area contributed by atoms with Crippen LogP contribution in [0.4, 0.5) is 4.79 Å². The summed E-state index contributed by atoms with van der Waals surface area (Å²) in [7, 11) is 0. The van der Waals surface area contributed by atoms with E-state index in [1.807, 2.05) is 96.8 Å². The van der Waals surface area contributed by atoms with Crippen LogP contribution in [-0.2, 0) is 13.0 Å². The molecule has 1 fully saturated rings. The molecule has 3 aliphatic carbocycles. The highest BCUT2D eigenvalue weighted by molar-refractivity contribution is 7.21. The maximum atomic E-state index is 14.8. The Morgan fingerprint density at radius 2 is 1.62 bits per heavy atom. The molecule has 1 saturated carbocycles. The number of carbonyl (C=O) groups excluding carboxylic acids is 2. The minimum absolute atomic E-state index is 0.0278. The van der Waals surface area contributed by atoms with Gasteiger partial charge in [0.05, 0.1) is 29.2 Å². The number of nitrogens with one attached hydrogen (secondary N) is 1. The number of urea groups is 1. The minimum Gasteiger partial charge on any atom is -0.393 e. The average molecular weight is 791 g/mol. The Hall–Kier alpha value is -5.08. The lowest BCUT2D eigenvalue weighted by molar-refractivity contribution is -0.0780. The first kappa shape index (κ1) is 39.7. The summed E-state index contributed by atoms with van der Waals surface area (Å²) in [5.41, 5.74) is 3.77. The molecule has 7 heteroatoms. The van der Waals surface area contributed by atoms with Crippen molar-refractivity contribution in [1.29, 1.82) is 0 Å². The van der Waals surface area contributed by atoms with Crippen molar-refractivity contribution in [2.75, 3.05) is 6.54 Å². The van der Waals surface area contributed by atoms with Crippen LogP contribution in [0, 0.1) is 5.41 Å². The molecule has 298 valence electrons. The van der Waals surface area contributed by atoms with Gasteiger partial charge < -0.3 is 20.4 Å². The number of nitrogens with zero attached hydrogens (tertiary/aromatic N) is 1. The van der Waals surface area contributed by atoms with Gasteiger partial charge in [0.15, 0.2) is 0 Å². The molecular formula is C51H54N2O4S. The highest BCUT2D eigenvalue weighted by Gasteiger charge is 2.57. The smallest absolute Gasteiger partial charge is 0.318 e. The maximum absolute atomic E-state index is 14.8. The van der Waals surface area contributed by atoms with Crippen LogP contribution in [0.2, 0.25) is 0 Å². The molecule has 0 aliphatic heterocycles. The largest absolute Gasteiger partial charge is 0.393 e. The molecule has 3 N–H and O–H groups in total. The zero-order valence-corrected chi connectivity index (χ0v) is 34.6. The minimum atomic E-state index is -1.28. The van der Waals surface area contributed by atoms with E-state index in [1.54, 1.807) is 0 Å². The van der Waals surface area contributed by atoms with E-state index in [2.05, 4.69) is 61.6 Å². The lowest BCUT2D eigenvalue weighted by atomic mass is 9.64. The number of aliphatic hydroxyl groups excluding tert-OH is 1. The molecule has 0 saturated heterocycles. The molecule has 6 nitrogen and oxygen atoms in total. The Morgan fingerprint density at radius 1 is 0.879 bits per heavy atom. The fourth-order valence-corrected chi connectivity index (χ4v) is 10.7. The van der Waals surface area contributed by atoms with Crippen molar-refractivity contribution in [3.63, 3.8) is 0 Å². The van der Waals surface area contributed by atoms with Crippen molar-refractivity contribution in [3.8, 4) is 0 Å². The first-order chi connectivity index (χ1) is 28.0. The number of hydrogen-bond acceptors (Lipinski definition) is 5. The Kier molecular flexibility index (Phi) is 11.4. The van der Waals surface area contributed by atoms with Crippen molar-refractivity contribution in [2.45, 2.75) is 95.9 Å². The third-order valence-electron chi connectivity index (χ3n) is 13.2. The van der Waals surface area contributed by atoms with E-state index in [1.165, 1.54) is 16.9 Å². The molecule has 2 amide bonds. The average Bonchev–Trinajstić information content (AvgIpc) is 3.78. The SMILES string of the molecule is CC1=CCCC2(C)C(CCC2(O)CN(Cc2cccc3ccccc23)C(=O)NC(C)c2ccccc2)c2ccc(cc2C(=O)c2cc3ccccc3s2)CC(O)CC1. The van der Waals surface area contributed by atoms with Crippen molar-refractivity contribution >= 4 is 44.0 Å². The molecular weight excluding hydrogens is 737 g/mol. The van der Waals surface area contributed by atoms with Crippen molar-refractivity contribution in [3.05, 3.63) is 166 Å². The Balaban J connectivity index is 1.20. The summed E-state index contributed by atoms with van der Waals surface area (Å²) >= 11 is 1.51. The zero-order valence-electron chi connectivity index (χ0n) is 33.8. The van der Waals surface area contributed by atoms with E-state index < -0.39 is 17.1 Å². The van der Waals surface area contributed by atoms with Crippen LogP contribution in [0.1, 0.15) is 109 Å². The van der Waals surface area contributed by atoms with Crippen molar-refractivity contribution < 1.29 is 19.8 Å². The van der Waals surface area contributed by atoms with Crippen LogP contribution in [0.3, 0.4) is 0 Å². The van der Waals surface area contributed by atoms with Gasteiger partial charge in [-0.15, -0.1) is 11.3 Å². The number of amides is 2. The number of carbonyl (C=O) groups is 2. The van der Waals surface area contributed by atoms with E-state index in [4.69, 9.17) is 0 Å². The van der Waals surface area contributed by atoms with Crippen LogP contribution >= 0.6 is 11.3 Å². The zero-order chi connectivity index (χ0) is 40.4. The number of thiophene rings is 1. The molecule has 58 heavy (non-hydrogen) atoms. The number of aliphatic hydroxyl groups is 2. The molecule has 5 unspecified atom stereocenters. The predicted molar refractivity (Wildman–Crippen MR) is 236 cm³/mol. The second-order valence-electron chi connectivity index (χ2n) is 17.0. The summed E-state index contributed by atoms with van der Waals surface area (Å²) in [5, 5.41) is 30.9. The first-order valence-electron chi connectivity index (χ1n) is 20.8. The molecule has 3 aliphatic rings. The van der Waals surface area contributed by atoms with Gasteiger partial charge in [0, 0.05) is 22.2 Å². The van der Waals surface area contributed by atoms with Gasteiger partial charge in [-0.05, 0) is 121 Å². The number of allylic oxidation sites excluding steroid dienone is 2. The fraction of sp³-hybridized carbons (Fsp3) is 0.333. The maximum Gasteiger partial charge on any atom is 0.318 e. The highest BCUT2D eigenvalue weighted by atomic mass is 32.1. The number of rotatable bonds is 8. The van der Waals surface area contributed by atoms with Crippen LogP contribution in [0.25, 0.3) is 20.9 Å². The third kappa shape index (κ3) is 8.00. The summed E-state index contributed by atoms with van der Waals surface area (Å²) in [6, 6.07) is 40.2. The second kappa shape index (κ2) is 16.6. The van der Waals surface area contributed by atoms with Gasteiger partial charge in [-0.25, -0.2) is 4.79 Å². The van der Waals surface area contributed by atoms with Crippen LogP contribution in [-0.4, -0.2) is 45.2 Å². The number of hydrogen-bond donors (Lipinski definition) is 3. The lowest BCUT2D eigenvalue weighted by Crippen LogP contribution is -2.55. The molecule has 2 bridgehead atoms. The van der Waals surface area contributed by atoms with E-state index in [9.17, 15) is 19.8 Å². The summed E-state index contributed by atoms with van der Waals surface area (Å²) in [6.07, 6.45) is 6.14. The summed E-state index contributed by atoms with van der Waals surface area (Å²) in [6.45, 7) is 6.76. The molecule has 0 spiro atoms. The van der Waals surface area contributed by atoms with Gasteiger partial charge >= 0.3 is 6.03 Å². The number of benzene rings is 5. The van der Waals surface area contributed by atoms with Crippen LogP contribution in [0.15, 0.2) is 133 Å². The first-order valence-corrected chi connectivity index (χ1v) is 21.6.